The first-order valence-corrected chi connectivity index (χ1v) is 5.19. The van der Waals surface area contributed by atoms with Gasteiger partial charge in [-0.2, -0.15) is 0 Å². The van der Waals surface area contributed by atoms with Gasteiger partial charge in [-0.15, -0.1) is 0 Å². The van der Waals surface area contributed by atoms with Crippen molar-refractivity contribution in [2.45, 2.75) is 32.8 Å². The van der Waals surface area contributed by atoms with Crippen LogP contribution >= 0.6 is 11.6 Å². The molecular formula is C11H14ClNO. The molecule has 0 saturated heterocycles. The Morgan fingerprint density at radius 2 is 2.21 bits per heavy atom. The van der Waals surface area contributed by atoms with E-state index in [0.717, 1.165) is 24.1 Å². The van der Waals surface area contributed by atoms with Crippen LogP contribution in [0.4, 0.5) is 0 Å². The number of pyridine rings is 1. The number of hydrogen-bond acceptors (Lipinski definition) is 2. The van der Waals surface area contributed by atoms with Gasteiger partial charge in [-0.1, -0.05) is 31.5 Å². The molecule has 1 aliphatic carbocycles. The molecule has 0 fully saturated rings. The van der Waals surface area contributed by atoms with Gasteiger partial charge in [-0.3, -0.25) is 0 Å². The number of aromatic nitrogens is 1. The first kappa shape index (κ1) is 9.94. The van der Waals surface area contributed by atoms with E-state index in [2.05, 4.69) is 18.8 Å². The molecule has 3 heteroatoms. The van der Waals surface area contributed by atoms with Gasteiger partial charge >= 0.3 is 0 Å². The number of nitrogens with zero attached hydrogens (tertiary/aromatic N) is 1. The molecule has 0 spiro atoms. The third-order valence-electron chi connectivity index (χ3n) is 2.73. The number of aliphatic hydroxyl groups excluding tert-OH is 1. The van der Waals surface area contributed by atoms with Crippen molar-refractivity contribution in [1.29, 1.82) is 0 Å². The van der Waals surface area contributed by atoms with Crippen molar-refractivity contribution in [3.05, 3.63) is 28.5 Å². The van der Waals surface area contributed by atoms with Crippen LogP contribution in [0.5, 0.6) is 0 Å². The summed E-state index contributed by atoms with van der Waals surface area (Å²) in [5.41, 5.74) is 2.00. The highest BCUT2D eigenvalue weighted by Crippen LogP contribution is 2.40. The van der Waals surface area contributed by atoms with Crippen molar-refractivity contribution in [2.75, 3.05) is 0 Å². The minimum Gasteiger partial charge on any atom is -0.388 e. The summed E-state index contributed by atoms with van der Waals surface area (Å²) in [6.07, 6.45) is 1.29. The lowest BCUT2D eigenvalue weighted by atomic mass is 9.75. The molecule has 0 saturated carbocycles. The van der Waals surface area contributed by atoms with Crippen LogP contribution in [-0.2, 0) is 6.42 Å². The highest BCUT2D eigenvalue weighted by atomic mass is 35.5. The molecule has 2 nitrogen and oxygen atoms in total. The average Bonchev–Trinajstić information content (AvgIpc) is 2.00. The van der Waals surface area contributed by atoms with Gasteiger partial charge in [0.2, 0.25) is 0 Å². The molecular weight excluding hydrogens is 198 g/mol. The van der Waals surface area contributed by atoms with E-state index in [1.165, 1.54) is 0 Å². The molecule has 1 N–H and O–H groups in total. The summed E-state index contributed by atoms with van der Waals surface area (Å²) in [4.78, 5) is 4.27. The molecule has 1 aromatic heterocycles. The van der Waals surface area contributed by atoms with Crippen LogP contribution in [0.3, 0.4) is 0 Å². The van der Waals surface area contributed by atoms with E-state index in [4.69, 9.17) is 11.6 Å². The summed E-state index contributed by atoms with van der Waals surface area (Å²) >= 11 is 5.82. The van der Waals surface area contributed by atoms with E-state index in [1.807, 2.05) is 6.07 Å². The van der Waals surface area contributed by atoms with E-state index in [1.54, 1.807) is 6.07 Å². The quantitative estimate of drug-likeness (QED) is 0.670. The van der Waals surface area contributed by atoms with Gasteiger partial charge in [0.15, 0.2) is 0 Å². The second kappa shape index (κ2) is 3.21. The molecule has 1 aromatic rings. The number of hydrogen-bond donors (Lipinski definition) is 1. The summed E-state index contributed by atoms with van der Waals surface area (Å²) in [5, 5.41) is 10.4. The maximum Gasteiger partial charge on any atom is 0.129 e. The van der Waals surface area contributed by atoms with Crippen LogP contribution in [0.25, 0.3) is 0 Å². The van der Waals surface area contributed by atoms with Crippen LogP contribution in [0.2, 0.25) is 5.15 Å². The maximum atomic E-state index is 9.90. The first-order chi connectivity index (χ1) is 6.48. The average molecular weight is 212 g/mol. The van der Waals surface area contributed by atoms with Crippen LogP contribution in [0, 0.1) is 5.41 Å². The minimum atomic E-state index is -0.390. The Bertz CT molecular complexity index is 362. The van der Waals surface area contributed by atoms with Crippen molar-refractivity contribution in [1.82, 2.24) is 4.98 Å². The summed E-state index contributed by atoms with van der Waals surface area (Å²) in [6.45, 7) is 4.28. The topological polar surface area (TPSA) is 33.1 Å². The Morgan fingerprint density at radius 3 is 2.93 bits per heavy atom. The molecule has 14 heavy (non-hydrogen) atoms. The predicted molar refractivity (Wildman–Crippen MR) is 56.3 cm³/mol. The Morgan fingerprint density at radius 1 is 1.50 bits per heavy atom. The molecule has 1 heterocycles. The third-order valence-corrected chi connectivity index (χ3v) is 2.94. The van der Waals surface area contributed by atoms with Gasteiger partial charge in [0.1, 0.15) is 5.15 Å². The van der Waals surface area contributed by atoms with Crippen LogP contribution < -0.4 is 0 Å². The lowest BCUT2D eigenvalue weighted by molar-refractivity contribution is 0.0982. The summed E-state index contributed by atoms with van der Waals surface area (Å²) in [5.74, 6) is 0. The fourth-order valence-corrected chi connectivity index (χ4v) is 2.25. The van der Waals surface area contributed by atoms with E-state index in [-0.39, 0.29) is 5.41 Å². The van der Waals surface area contributed by atoms with E-state index in [0.29, 0.717) is 5.15 Å². The normalized spacial score (nSPS) is 24.4. The van der Waals surface area contributed by atoms with Crippen molar-refractivity contribution in [3.8, 4) is 0 Å². The van der Waals surface area contributed by atoms with Crippen molar-refractivity contribution >= 4 is 11.6 Å². The fourth-order valence-electron chi connectivity index (χ4n) is 2.09. The van der Waals surface area contributed by atoms with E-state index < -0.39 is 6.10 Å². The Hall–Kier alpha value is -0.600. The fraction of sp³-hybridized carbons (Fsp3) is 0.545. The molecule has 2 rings (SSSR count). The first-order valence-electron chi connectivity index (χ1n) is 4.81. The van der Waals surface area contributed by atoms with Gasteiger partial charge < -0.3 is 5.11 Å². The van der Waals surface area contributed by atoms with Gasteiger partial charge in [-0.05, 0) is 24.3 Å². The zero-order valence-corrected chi connectivity index (χ0v) is 9.17. The largest absolute Gasteiger partial charge is 0.388 e. The molecule has 0 aliphatic heterocycles. The van der Waals surface area contributed by atoms with Crippen molar-refractivity contribution < 1.29 is 5.11 Å². The van der Waals surface area contributed by atoms with Gasteiger partial charge in [0.05, 0.1) is 6.10 Å². The second-order valence-electron chi connectivity index (χ2n) is 4.73. The molecule has 0 amide bonds. The minimum absolute atomic E-state index is 0.115. The molecule has 0 radical (unpaired) electrons. The zero-order chi connectivity index (χ0) is 10.3. The summed E-state index contributed by atoms with van der Waals surface area (Å²) < 4.78 is 0. The molecule has 0 aromatic carbocycles. The smallest absolute Gasteiger partial charge is 0.129 e. The summed E-state index contributed by atoms with van der Waals surface area (Å²) in [6, 6.07) is 3.62. The number of aliphatic hydroxyl groups is 1. The van der Waals surface area contributed by atoms with Gasteiger partial charge in [0, 0.05) is 11.3 Å². The Labute approximate surface area is 88.9 Å². The predicted octanol–water partition coefficient (Wildman–Crippen LogP) is 2.74. The van der Waals surface area contributed by atoms with Gasteiger partial charge in [0.25, 0.3) is 0 Å². The molecule has 1 aliphatic rings. The monoisotopic (exact) mass is 211 g/mol. The zero-order valence-electron chi connectivity index (χ0n) is 8.42. The van der Waals surface area contributed by atoms with Crippen LogP contribution in [0.1, 0.15) is 37.6 Å². The van der Waals surface area contributed by atoms with E-state index in [9.17, 15) is 5.11 Å². The van der Waals surface area contributed by atoms with Crippen molar-refractivity contribution in [3.63, 3.8) is 0 Å². The van der Waals surface area contributed by atoms with E-state index >= 15 is 0 Å². The maximum absolute atomic E-state index is 9.90. The highest BCUT2D eigenvalue weighted by Gasteiger charge is 2.31. The Balaban J connectivity index is 2.46. The number of fused-ring (bicyclic) bond motifs is 1. The molecule has 76 valence electrons. The SMILES string of the molecule is CC1(C)Cc2nc(Cl)ccc2[C@H](O)C1. The lowest BCUT2D eigenvalue weighted by Crippen LogP contribution is -2.26. The molecule has 0 unspecified atom stereocenters. The second-order valence-corrected chi connectivity index (χ2v) is 5.12. The summed E-state index contributed by atoms with van der Waals surface area (Å²) in [7, 11) is 0. The number of rotatable bonds is 0. The lowest BCUT2D eigenvalue weighted by Gasteiger charge is -2.33. The van der Waals surface area contributed by atoms with Crippen molar-refractivity contribution in [2.24, 2.45) is 5.41 Å². The molecule has 0 bridgehead atoms. The number of halogens is 1. The standard InChI is InChI=1S/C11H14ClNO/c1-11(2)5-8-7(9(14)6-11)3-4-10(12)13-8/h3-4,9,14H,5-6H2,1-2H3/t9-/m1/s1. The van der Waals surface area contributed by atoms with Crippen LogP contribution in [0.15, 0.2) is 12.1 Å². The molecule has 1 atom stereocenters. The highest BCUT2D eigenvalue weighted by molar-refractivity contribution is 6.29. The Kier molecular flexibility index (Phi) is 2.28. The van der Waals surface area contributed by atoms with Gasteiger partial charge in [-0.25, -0.2) is 4.98 Å². The third kappa shape index (κ3) is 1.77. The van der Waals surface area contributed by atoms with Crippen LogP contribution in [-0.4, -0.2) is 10.1 Å².